The number of aromatic nitrogens is 1. The van der Waals surface area contributed by atoms with E-state index in [-0.39, 0.29) is 11.8 Å². The van der Waals surface area contributed by atoms with Gasteiger partial charge in [0.2, 0.25) is 11.8 Å². The smallest absolute Gasteiger partial charge is 0.238 e. The van der Waals surface area contributed by atoms with E-state index in [2.05, 4.69) is 20.5 Å². The fraction of sp³-hybridized carbons (Fsp3) is 0.450. The molecule has 0 radical (unpaired) electrons. The summed E-state index contributed by atoms with van der Waals surface area (Å²) in [7, 11) is 0. The SMILES string of the molecule is Cc1cnc(NC(=O)CCN(CC(=O)Nc2c(C)cccc2C)C2CC2)s1. The van der Waals surface area contributed by atoms with Crippen molar-refractivity contribution in [3.63, 3.8) is 0 Å². The second-order valence-corrected chi connectivity index (χ2v) is 8.33. The van der Waals surface area contributed by atoms with E-state index in [0.717, 1.165) is 34.5 Å². The van der Waals surface area contributed by atoms with Gasteiger partial charge >= 0.3 is 0 Å². The summed E-state index contributed by atoms with van der Waals surface area (Å²) in [5.74, 6) is -0.0968. The van der Waals surface area contributed by atoms with Crippen molar-refractivity contribution in [1.82, 2.24) is 9.88 Å². The van der Waals surface area contributed by atoms with E-state index in [0.29, 0.717) is 30.7 Å². The molecule has 2 aromatic rings. The molecule has 2 amide bonds. The molecular weight excluding hydrogens is 360 g/mol. The zero-order valence-corrected chi connectivity index (χ0v) is 16.9. The summed E-state index contributed by atoms with van der Waals surface area (Å²) in [5, 5.41) is 6.49. The summed E-state index contributed by atoms with van der Waals surface area (Å²) in [6.07, 6.45) is 4.27. The zero-order chi connectivity index (χ0) is 19.4. The minimum atomic E-state index is -0.0647. The van der Waals surface area contributed by atoms with E-state index in [1.807, 2.05) is 39.0 Å². The third kappa shape index (κ3) is 5.61. The van der Waals surface area contributed by atoms with Gasteiger partial charge in [-0.25, -0.2) is 4.98 Å². The number of anilines is 2. The van der Waals surface area contributed by atoms with Crippen LogP contribution in [0, 0.1) is 20.8 Å². The highest BCUT2D eigenvalue weighted by atomic mass is 32.1. The van der Waals surface area contributed by atoms with Crippen molar-refractivity contribution >= 4 is 34.0 Å². The Balaban J connectivity index is 1.51. The molecule has 6 nitrogen and oxygen atoms in total. The maximum Gasteiger partial charge on any atom is 0.238 e. The molecule has 3 rings (SSSR count). The lowest BCUT2D eigenvalue weighted by Crippen LogP contribution is -2.37. The Bertz CT molecular complexity index is 809. The summed E-state index contributed by atoms with van der Waals surface area (Å²) in [5.41, 5.74) is 2.99. The number of aryl methyl sites for hydroxylation is 3. The van der Waals surface area contributed by atoms with E-state index in [4.69, 9.17) is 0 Å². The van der Waals surface area contributed by atoms with Gasteiger partial charge in [0.1, 0.15) is 0 Å². The third-order valence-corrected chi connectivity index (χ3v) is 5.48. The van der Waals surface area contributed by atoms with E-state index < -0.39 is 0 Å². The minimum absolute atomic E-state index is 0.0322. The molecule has 1 aliphatic carbocycles. The van der Waals surface area contributed by atoms with Gasteiger partial charge in [-0.2, -0.15) is 0 Å². The van der Waals surface area contributed by atoms with Crippen LogP contribution in [0.15, 0.2) is 24.4 Å². The van der Waals surface area contributed by atoms with Crippen LogP contribution in [0.2, 0.25) is 0 Å². The summed E-state index contributed by atoms with van der Waals surface area (Å²) < 4.78 is 0. The second-order valence-electron chi connectivity index (χ2n) is 7.09. The van der Waals surface area contributed by atoms with Crippen LogP contribution in [0.1, 0.15) is 35.3 Å². The largest absolute Gasteiger partial charge is 0.324 e. The maximum atomic E-state index is 12.5. The topological polar surface area (TPSA) is 74.3 Å². The molecule has 0 bridgehead atoms. The van der Waals surface area contributed by atoms with Crippen molar-refractivity contribution in [2.75, 3.05) is 23.7 Å². The van der Waals surface area contributed by atoms with Gasteiger partial charge in [-0.3, -0.25) is 14.5 Å². The number of carbonyl (C=O) groups is 2. The first-order chi connectivity index (χ1) is 12.9. The second kappa shape index (κ2) is 8.63. The normalized spacial score (nSPS) is 13.6. The Labute approximate surface area is 164 Å². The molecule has 0 unspecified atom stereocenters. The Morgan fingerprint density at radius 2 is 1.85 bits per heavy atom. The Kier molecular flexibility index (Phi) is 6.23. The van der Waals surface area contributed by atoms with Crippen molar-refractivity contribution < 1.29 is 9.59 Å². The van der Waals surface area contributed by atoms with Crippen LogP contribution in [-0.4, -0.2) is 40.8 Å². The van der Waals surface area contributed by atoms with Crippen LogP contribution in [0.4, 0.5) is 10.8 Å². The van der Waals surface area contributed by atoms with Crippen molar-refractivity contribution in [3.05, 3.63) is 40.4 Å². The molecule has 0 aliphatic heterocycles. The fourth-order valence-corrected chi connectivity index (χ4v) is 3.73. The highest BCUT2D eigenvalue weighted by Gasteiger charge is 2.30. The molecule has 1 aromatic carbocycles. The number of rotatable bonds is 8. The van der Waals surface area contributed by atoms with Gasteiger partial charge in [0.25, 0.3) is 0 Å². The van der Waals surface area contributed by atoms with Crippen LogP contribution in [0.5, 0.6) is 0 Å². The van der Waals surface area contributed by atoms with Crippen LogP contribution in [-0.2, 0) is 9.59 Å². The van der Waals surface area contributed by atoms with Crippen LogP contribution in [0.3, 0.4) is 0 Å². The van der Waals surface area contributed by atoms with E-state index in [1.54, 1.807) is 6.20 Å². The molecule has 27 heavy (non-hydrogen) atoms. The average molecular weight is 387 g/mol. The van der Waals surface area contributed by atoms with Gasteiger partial charge in [-0.05, 0) is 44.7 Å². The quantitative estimate of drug-likeness (QED) is 0.728. The van der Waals surface area contributed by atoms with Gasteiger partial charge in [-0.15, -0.1) is 11.3 Å². The van der Waals surface area contributed by atoms with E-state index in [1.165, 1.54) is 11.3 Å². The molecule has 0 spiro atoms. The molecular formula is C20H26N4O2S. The number of amides is 2. The highest BCUT2D eigenvalue weighted by molar-refractivity contribution is 7.15. The van der Waals surface area contributed by atoms with Crippen molar-refractivity contribution in [3.8, 4) is 0 Å². The minimum Gasteiger partial charge on any atom is -0.324 e. The lowest BCUT2D eigenvalue weighted by Gasteiger charge is -2.21. The Morgan fingerprint density at radius 3 is 2.44 bits per heavy atom. The van der Waals surface area contributed by atoms with E-state index in [9.17, 15) is 9.59 Å². The molecule has 1 heterocycles. The predicted octanol–water partition coefficient (Wildman–Crippen LogP) is 3.50. The van der Waals surface area contributed by atoms with Gasteiger partial charge in [0.05, 0.1) is 6.54 Å². The molecule has 2 N–H and O–H groups in total. The molecule has 1 aliphatic rings. The third-order valence-electron chi connectivity index (χ3n) is 4.65. The van der Waals surface area contributed by atoms with Crippen molar-refractivity contribution in [2.45, 2.75) is 46.1 Å². The number of thiazole rings is 1. The van der Waals surface area contributed by atoms with Gasteiger partial charge < -0.3 is 10.6 Å². The maximum absolute atomic E-state index is 12.5. The molecule has 1 saturated carbocycles. The monoisotopic (exact) mass is 386 g/mol. The molecule has 7 heteroatoms. The lowest BCUT2D eigenvalue weighted by atomic mass is 10.1. The van der Waals surface area contributed by atoms with Crippen molar-refractivity contribution in [2.24, 2.45) is 0 Å². The Hall–Kier alpha value is -2.25. The summed E-state index contributed by atoms with van der Waals surface area (Å²) >= 11 is 1.46. The number of nitrogens with one attached hydrogen (secondary N) is 2. The molecule has 1 fully saturated rings. The fourth-order valence-electron chi connectivity index (χ4n) is 3.04. The van der Waals surface area contributed by atoms with Gasteiger partial charge in [0, 0.05) is 35.8 Å². The summed E-state index contributed by atoms with van der Waals surface area (Å²) in [6, 6.07) is 6.38. The Morgan fingerprint density at radius 1 is 1.15 bits per heavy atom. The molecule has 0 atom stereocenters. The van der Waals surface area contributed by atoms with Gasteiger partial charge in [-0.1, -0.05) is 18.2 Å². The highest BCUT2D eigenvalue weighted by Crippen LogP contribution is 2.27. The average Bonchev–Trinajstić information content (AvgIpc) is 3.38. The van der Waals surface area contributed by atoms with Crippen LogP contribution >= 0.6 is 11.3 Å². The molecule has 144 valence electrons. The first-order valence-corrected chi connectivity index (χ1v) is 10.1. The van der Waals surface area contributed by atoms with Gasteiger partial charge in [0.15, 0.2) is 5.13 Å². The summed E-state index contributed by atoms with van der Waals surface area (Å²) in [6.45, 7) is 6.82. The lowest BCUT2D eigenvalue weighted by molar-refractivity contribution is -0.119. The summed E-state index contributed by atoms with van der Waals surface area (Å²) in [4.78, 5) is 32.0. The zero-order valence-electron chi connectivity index (χ0n) is 16.0. The van der Waals surface area contributed by atoms with Crippen LogP contribution < -0.4 is 10.6 Å². The van der Waals surface area contributed by atoms with E-state index >= 15 is 0 Å². The molecule has 0 saturated heterocycles. The number of benzene rings is 1. The van der Waals surface area contributed by atoms with Crippen LogP contribution in [0.25, 0.3) is 0 Å². The predicted molar refractivity (Wildman–Crippen MR) is 109 cm³/mol. The first kappa shape index (κ1) is 19.5. The number of carbonyl (C=O) groups excluding carboxylic acids is 2. The number of hydrogen-bond acceptors (Lipinski definition) is 5. The standard InChI is InChI=1S/C20H26N4O2S/c1-13-5-4-6-14(2)19(13)22-18(26)12-24(16-7-8-16)10-9-17(25)23-20-21-11-15(3)27-20/h4-6,11,16H,7-10,12H2,1-3H3,(H,22,26)(H,21,23,25). The number of hydrogen-bond donors (Lipinski definition) is 2. The number of para-hydroxylation sites is 1. The molecule has 1 aromatic heterocycles. The number of nitrogens with zero attached hydrogens (tertiary/aromatic N) is 2. The first-order valence-electron chi connectivity index (χ1n) is 9.25. The van der Waals surface area contributed by atoms with Crippen molar-refractivity contribution in [1.29, 1.82) is 0 Å².